The van der Waals surface area contributed by atoms with Gasteiger partial charge in [-0.15, -0.1) is 0 Å². The molecule has 0 heterocycles. The van der Waals surface area contributed by atoms with Gasteiger partial charge in [0.15, 0.2) is 0 Å². The molecule has 2 aromatic carbocycles. The van der Waals surface area contributed by atoms with Crippen LogP contribution in [0.5, 0.6) is 0 Å². The highest BCUT2D eigenvalue weighted by molar-refractivity contribution is 5.77. The van der Waals surface area contributed by atoms with Crippen molar-refractivity contribution in [2.24, 2.45) is 0 Å². The van der Waals surface area contributed by atoms with Gasteiger partial charge in [-0.2, -0.15) is 0 Å². The first-order valence-corrected chi connectivity index (χ1v) is 11.2. The summed E-state index contributed by atoms with van der Waals surface area (Å²) >= 11 is 0. The summed E-state index contributed by atoms with van der Waals surface area (Å²) in [5.41, 5.74) is 2.59. The Morgan fingerprint density at radius 3 is 1.40 bits per heavy atom. The van der Waals surface area contributed by atoms with E-state index in [9.17, 15) is 9.59 Å². The van der Waals surface area contributed by atoms with Crippen LogP contribution in [0.3, 0.4) is 0 Å². The number of hydrogen-bond acceptors (Lipinski definition) is 2. The van der Waals surface area contributed by atoms with E-state index in [2.05, 4.69) is 34.9 Å². The van der Waals surface area contributed by atoms with Crippen molar-refractivity contribution in [1.82, 2.24) is 10.6 Å². The first-order valence-electron chi connectivity index (χ1n) is 11.2. The number of unbranched alkanes of at least 4 members (excludes halogenated alkanes) is 1. The van der Waals surface area contributed by atoms with Crippen molar-refractivity contribution in [2.45, 2.75) is 77.3 Å². The van der Waals surface area contributed by atoms with Gasteiger partial charge in [-0.3, -0.25) is 9.59 Å². The van der Waals surface area contributed by atoms with E-state index < -0.39 is 0 Å². The van der Waals surface area contributed by atoms with E-state index in [1.165, 1.54) is 11.1 Å². The summed E-state index contributed by atoms with van der Waals surface area (Å²) < 4.78 is 0. The van der Waals surface area contributed by atoms with Crippen molar-refractivity contribution in [3.05, 3.63) is 71.8 Å². The average molecular weight is 409 g/mol. The summed E-state index contributed by atoms with van der Waals surface area (Å²) in [4.78, 5) is 24.2. The van der Waals surface area contributed by atoms with Crippen LogP contribution in [0.1, 0.15) is 63.5 Å². The molecule has 2 amide bonds. The standard InChI is InChI=1S/C26H36N2O2/c1-21(17-19-23-11-5-3-6-12-23)27-25(29)15-9-10-16-26(30)28-22(2)18-20-24-13-7-4-8-14-24/h3-8,11-14,21-22H,9-10,15-20H2,1-2H3,(H,27,29)(H,28,30)/t21-,22-/m1/s1. The SMILES string of the molecule is C[C@H](CCc1ccccc1)NC(=O)CCCCC(=O)N[C@H](C)CCc1ccccc1. The van der Waals surface area contributed by atoms with Gasteiger partial charge in [-0.25, -0.2) is 0 Å². The van der Waals surface area contributed by atoms with Crippen LogP contribution in [0.4, 0.5) is 0 Å². The fourth-order valence-corrected chi connectivity index (χ4v) is 3.47. The average Bonchev–Trinajstić information content (AvgIpc) is 2.75. The van der Waals surface area contributed by atoms with Gasteiger partial charge in [-0.1, -0.05) is 60.7 Å². The van der Waals surface area contributed by atoms with Crippen molar-refractivity contribution in [3.63, 3.8) is 0 Å². The molecule has 2 N–H and O–H groups in total. The summed E-state index contributed by atoms with van der Waals surface area (Å²) in [5, 5.41) is 6.13. The minimum Gasteiger partial charge on any atom is -0.354 e. The summed E-state index contributed by atoms with van der Waals surface area (Å²) in [5.74, 6) is 0.152. The van der Waals surface area contributed by atoms with Gasteiger partial charge in [0.2, 0.25) is 11.8 Å². The van der Waals surface area contributed by atoms with Gasteiger partial charge in [0.25, 0.3) is 0 Å². The molecular formula is C26H36N2O2. The van der Waals surface area contributed by atoms with Gasteiger partial charge in [0.1, 0.15) is 0 Å². The highest BCUT2D eigenvalue weighted by Crippen LogP contribution is 2.07. The molecule has 2 atom stereocenters. The van der Waals surface area contributed by atoms with Gasteiger partial charge in [0.05, 0.1) is 0 Å². The Hall–Kier alpha value is -2.62. The molecule has 0 saturated carbocycles. The smallest absolute Gasteiger partial charge is 0.220 e. The topological polar surface area (TPSA) is 58.2 Å². The predicted molar refractivity (Wildman–Crippen MR) is 123 cm³/mol. The molecule has 0 bridgehead atoms. The summed E-state index contributed by atoms with van der Waals surface area (Å²) in [6.07, 6.45) is 6.22. The van der Waals surface area contributed by atoms with Crippen LogP contribution in [0, 0.1) is 0 Å². The monoisotopic (exact) mass is 408 g/mol. The maximum absolute atomic E-state index is 12.1. The molecular weight excluding hydrogens is 372 g/mol. The molecule has 0 saturated heterocycles. The molecule has 0 fully saturated rings. The van der Waals surface area contributed by atoms with Crippen molar-refractivity contribution in [2.75, 3.05) is 0 Å². The second-order valence-electron chi connectivity index (χ2n) is 8.19. The lowest BCUT2D eigenvalue weighted by Crippen LogP contribution is -2.33. The molecule has 4 heteroatoms. The third kappa shape index (κ3) is 10.2. The number of rotatable bonds is 13. The molecule has 0 radical (unpaired) electrons. The van der Waals surface area contributed by atoms with E-state index in [-0.39, 0.29) is 23.9 Å². The van der Waals surface area contributed by atoms with E-state index in [0.29, 0.717) is 12.8 Å². The van der Waals surface area contributed by atoms with Crippen LogP contribution in [0.25, 0.3) is 0 Å². The number of amides is 2. The highest BCUT2D eigenvalue weighted by Gasteiger charge is 2.10. The first kappa shape index (κ1) is 23.7. The lowest BCUT2D eigenvalue weighted by atomic mass is 10.1. The zero-order chi connectivity index (χ0) is 21.6. The zero-order valence-electron chi connectivity index (χ0n) is 18.4. The van der Waals surface area contributed by atoms with Crippen LogP contribution < -0.4 is 10.6 Å². The number of benzene rings is 2. The van der Waals surface area contributed by atoms with Crippen molar-refractivity contribution in [1.29, 1.82) is 0 Å². The Bertz CT molecular complexity index is 681. The second kappa shape index (κ2) is 13.6. The van der Waals surface area contributed by atoms with Crippen LogP contribution in [-0.4, -0.2) is 23.9 Å². The quantitative estimate of drug-likeness (QED) is 0.467. The number of hydrogen-bond donors (Lipinski definition) is 2. The van der Waals surface area contributed by atoms with Crippen molar-refractivity contribution >= 4 is 11.8 Å². The van der Waals surface area contributed by atoms with E-state index in [0.717, 1.165) is 38.5 Å². The Labute approximate surface area is 181 Å². The Morgan fingerprint density at radius 1 is 0.667 bits per heavy atom. The van der Waals surface area contributed by atoms with Crippen LogP contribution in [-0.2, 0) is 22.4 Å². The highest BCUT2D eigenvalue weighted by atomic mass is 16.2. The third-order valence-corrected chi connectivity index (χ3v) is 5.29. The molecule has 0 aliphatic carbocycles. The van der Waals surface area contributed by atoms with E-state index in [1.807, 2.05) is 50.2 Å². The molecule has 0 spiro atoms. The number of carbonyl (C=O) groups excluding carboxylic acids is 2. The van der Waals surface area contributed by atoms with Crippen molar-refractivity contribution in [3.8, 4) is 0 Å². The number of aryl methyl sites for hydroxylation is 2. The Balaban J connectivity index is 1.51. The van der Waals surface area contributed by atoms with E-state index in [1.54, 1.807) is 0 Å². The number of nitrogens with one attached hydrogen (secondary N) is 2. The van der Waals surface area contributed by atoms with E-state index in [4.69, 9.17) is 0 Å². The predicted octanol–water partition coefficient (Wildman–Crippen LogP) is 4.82. The molecule has 4 nitrogen and oxygen atoms in total. The third-order valence-electron chi connectivity index (χ3n) is 5.29. The molecule has 30 heavy (non-hydrogen) atoms. The Morgan fingerprint density at radius 2 is 1.03 bits per heavy atom. The van der Waals surface area contributed by atoms with Crippen LogP contribution >= 0.6 is 0 Å². The fourth-order valence-electron chi connectivity index (χ4n) is 3.47. The van der Waals surface area contributed by atoms with Gasteiger partial charge in [-0.05, 0) is 63.5 Å². The molecule has 0 aromatic heterocycles. The fraction of sp³-hybridized carbons (Fsp3) is 0.462. The van der Waals surface area contributed by atoms with E-state index >= 15 is 0 Å². The minimum atomic E-state index is 0.0761. The Kier molecular flexibility index (Phi) is 10.7. The number of carbonyl (C=O) groups is 2. The first-order chi connectivity index (χ1) is 14.5. The summed E-state index contributed by atoms with van der Waals surface area (Å²) in [6.45, 7) is 4.09. The second-order valence-corrected chi connectivity index (χ2v) is 8.19. The minimum absolute atomic E-state index is 0.0761. The summed E-state index contributed by atoms with van der Waals surface area (Å²) in [7, 11) is 0. The maximum atomic E-state index is 12.1. The van der Waals surface area contributed by atoms with Crippen molar-refractivity contribution < 1.29 is 9.59 Å². The molecule has 2 rings (SSSR count). The van der Waals surface area contributed by atoms with Gasteiger partial charge >= 0.3 is 0 Å². The maximum Gasteiger partial charge on any atom is 0.220 e. The molecule has 162 valence electrons. The lowest BCUT2D eigenvalue weighted by Gasteiger charge is -2.15. The summed E-state index contributed by atoms with van der Waals surface area (Å²) in [6, 6.07) is 21.0. The molecule has 2 aromatic rings. The van der Waals surface area contributed by atoms with Crippen LogP contribution in [0.15, 0.2) is 60.7 Å². The van der Waals surface area contributed by atoms with Crippen LogP contribution in [0.2, 0.25) is 0 Å². The lowest BCUT2D eigenvalue weighted by molar-refractivity contribution is -0.123. The van der Waals surface area contributed by atoms with Gasteiger partial charge < -0.3 is 10.6 Å². The zero-order valence-corrected chi connectivity index (χ0v) is 18.4. The normalized spacial score (nSPS) is 12.7. The molecule has 0 aliphatic rings. The van der Waals surface area contributed by atoms with Gasteiger partial charge in [0, 0.05) is 24.9 Å². The largest absolute Gasteiger partial charge is 0.354 e. The molecule has 0 aliphatic heterocycles. The molecule has 0 unspecified atom stereocenters.